The summed E-state index contributed by atoms with van der Waals surface area (Å²) in [6.07, 6.45) is 0.197. The number of esters is 1. The zero-order valence-corrected chi connectivity index (χ0v) is 14.0. The van der Waals surface area contributed by atoms with Crippen LogP contribution in [0, 0.1) is 0 Å². The van der Waals surface area contributed by atoms with Crippen LogP contribution in [0.15, 0.2) is 53.9 Å². The van der Waals surface area contributed by atoms with Crippen molar-refractivity contribution in [3.8, 4) is 5.75 Å². The van der Waals surface area contributed by atoms with Gasteiger partial charge in [-0.2, -0.15) is 0 Å². The van der Waals surface area contributed by atoms with E-state index in [1.807, 2.05) is 41.8 Å². The number of thiophene rings is 1. The van der Waals surface area contributed by atoms with Gasteiger partial charge in [-0.3, -0.25) is 9.59 Å². The third-order valence-electron chi connectivity index (χ3n) is 3.63. The van der Waals surface area contributed by atoms with E-state index < -0.39 is 5.97 Å². The van der Waals surface area contributed by atoms with Crippen molar-refractivity contribution in [3.63, 3.8) is 0 Å². The lowest BCUT2D eigenvalue weighted by Gasteiger charge is -2.06. The summed E-state index contributed by atoms with van der Waals surface area (Å²) in [6.45, 7) is -0.244. The van der Waals surface area contributed by atoms with E-state index in [0.29, 0.717) is 5.56 Å². The van der Waals surface area contributed by atoms with Crippen LogP contribution >= 0.6 is 11.3 Å². The van der Waals surface area contributed by atoms with Gasteiger partial charge < -0.3 is 9.47 Å². The highest BCUT2D eigenvalue weighted by Gasteiger charge is 2.11. The molecule has 0 radical (unpaired) electrons. The summed E-state index contributed by atoms with van der Waals surface area (Å²) in [6, 6.07) is 14.8. The van der Waals surface area contributed by atoms with Gasteiger partial charge in [0, 0.05) is 10.4 Å². The number of rotatable bonds is 6. The molecule has 24 heavy (non-hydrogen) atoms. The molecule has 0 bridgehead atoms. The molecular weight excluding hydrogens is 324 g/mol. The molecule has 0 aliphatic heterocycles. The van der Waals surface area contributed by atoms with Gasteiger partial charge in [-0.15, -0.1) is 11.3 Å². The molecule has 0 aliphatic rings. The second kappa shape index (κ2) is 7.27. The highest BCUT2D eigenvalue weighted by Crippen LogP contribution is 2.22. The maximum Gasteiger partial charge on any atom is 0.311 e. The molecule has 0 spiro atoms. The Morgan fingerprint density at radius 1 is 1.04 bits per heavy atom. The van der Waals surface area contributed by atoms with Crippen LogP contribution in [0.5, 0.6) is 5.75 Å². The van der Waals surface area contributed by atoms with Gasteiger partial charge in [-0.1, -0.05) is 24.3 Å². The molecule has 0 saturated heterocycles. The summed E-state index contributed by atoms with van der Waals surface area (Å²) in [5.74, 6) is 0.160. The molecule has 5 heteroatoms. The number of carbonyl (C=O) groups excluding carboxylic acids is 2. The largest absolute Gasteiger partial charge is 0.497 e. The van der Waals surface area contributed by atoms with Crippen molar-refractivity contribution in [2.45, 2.75) is 6.42 Å². The van der Waals surface area contributed by atoms with Crippen molar-refractivity contribution < 1.29 is 19.1 Å². The quantitative estimate of drug-likeness (QED) is 0.505. The molecule has 4 nitrogen and oxygen atoms in total. The van der Waals surface area contributed by atoms with E-state index in [0.717, 1.165) is 21.4 Å². The Morgan fingerprint density at radius 2 is 1.83 bits per heavy atom. The van der Waals surface area contributed by atoms with Crippen LogP contribution in [-0.2, 0) is 16.0 Å². The number of ether oxygens (including phenoxy) is 2. The third-order valence-corrected chi connectivity index (χ3v) is 4.51. The molecular formula is C19H16O4S. The Balaban J connectivity index is 1.64. The summed E-state index contributed by atoms with van der Waals surface area (Å²) in [4.78, 5) is 24.9. The van der Waals surface area contributed by atoms with Crippen LogP contribution in [0.25, 0.3) is 10.8 Å². The number of benzene rings is 2. The molecule has 0 aliphatic carbocycles. The van der Waals surface area contributed by atoms with Crippen molar-refractivity contribution in [2.24, 2.45) is 0 Å². The molecule has 0 amide bonds. The highest BCUT2D eigenvalue weighted by molar-refractivity contribution is 7.10. The molecule has 0 atom stereocenters. The summed E-state index contributed by atoms with van der Waals surface area (Å²) in [5.41, 5.74) is 0.525. The molecule has 122 valence electrons. The Kier molecular flexibility index (Phi) is 4.91. The topological polar surface area (TPSA) is 52.6 Å². The molecule has 0 fully saturated rings. The van der Waals surface area contributed by atoms with Gasteiger partial charge in [0.2, 0.25) is 0 Å². The van der Waals surface area contributed by atoms with Crippen LogP contribution in [0.1, 0.15) is 15.2 Å². The zero-order chi connectivity index (χ0) is 16.9. The summed E-state index contributed by atoms with van der Waals surface area (Å²) >= 11 is 1.49. The number of fused-ring (bicyclic) bond motifs is 1. The second-order valence-electron chi connectivity index (χ2n) is 5.27. The van der Waals surface area contributed by atoms with Gasteiger partial charge >= 0.3 is 5.97 Å². The highest BCUT2D eigenvalue weighted by atomic mass is 32.1. The number of carbonyl (C=O) groups is 2. The van der Waals surface area contributed by atoms with Crippen LogP contribution in [0.2, 0.25) is 0 Å². The van der Waals surface area contributed by atoms with Gasteiger partial charge in [0.25, 0.3) is 0 Å². The SMILES string of the molecule is COc1ccc2cc(C(=O)COC(=O)Cc3cccs3)ccc2c1. The Morgan fingerprint density at radius 3 is 2.58 bits per heavy atom. The minimum absolute atomic E-state index is 0.197. The smallest absolute Gasteiger partial charge is 0.311 e. The van der Waals surface area contributed by atoms with Gasteiger partial charge in [0.1, 0.15) is 5.75 Å². The van der Waals surface area contributed by atoms with Gasteiger partial charge in [0.05, 0.1) is 13.5 Å². The number of hydrogen-bond donors (Lipinski definition) is 0. The first-order chi connectivity index (χ1) is 11.7. The molecule has 0 saturated carbocycles. The fourth-order valence-electron chi connectivity index (χ4n) is 2.36. The Labute approximate surface area is 143 Å². The second-order valence-corrected chi connectivity index (χ2v) is 6.30. The average Bonchev–Trinajstić information content (AvgIpc) is 3.11. The summed E-state index contributed by atoms with van der Waals surface area (Å²) < 4.78 is 10.3. The predicted molar refractivity (Wildman–Crippen MR) is 93.8 cm³/mol. The van der Waals surface area contributed by atoms with Crippen LogP contribution in [0.3, 0.4) is 0 Å². The molecule has 0 unspecified atom stereocenters. The fourth-order valence-corrected chi connectivity index (χ4v) is 3.05. The van der Waals surface area contributed by atoms with Gasteiger partial charge in [-0.25, -0.2) is 0 Å². The monoisotopic (exact) mass is 340 g/mol. The van der Waals surface area contributed by atoms with Crippen molar-refractivity contribution in [1.82, 2.24) is 0 Å². The van der Waals surface area contributed by atoms with Gasteiger partial charge in [0.15, 0.2) is 12.4 Å². The van der Waals surface area contributed by atoms with Crippen LogP contribution < -0.4 is 4.74 Å². The maximum absolute atomic E-state index is 12.2. The summed E-state index contributed by atoms with van der Waals surface area (Å²) in [5, 5.41) is 3.82. The summed E-state index contributed by atoms with van der Waals surface area (Å²) in [7, 11) is 1.61. The first kappa shape index (κ1) is 16.2. The lowest BCUT2D eigenvalue weighted by Crippen LogP contribution is -2.15. The molecule has 3 rings (SSSR count). The van der Waals surface area contributed by atoms with Crippen molar-refractivity contribution in [2.75, 3.05) is 13.7 Å². The van der Waals surface area contributed by atoms with E-state index in [-0.39, 0.29) is 18.8 Å². The molecule has 2 aromatic carbocycles. The van der Waals surface area contributed by atoms with Gasteiger partial charge in [-0.05, 0) is 40.4 Å². The minimum Gasteiger partial charge on any atom is -0.497 e. The van der Waals surface area contributed by atoms with E-state index >= 15 is 0 Å². The molecule has 0 N–H and O–H groups in total. The lowest BCUT2D eigenvalue weighted by atomic mass is 10.0. The van der Waals surface area contributed by atoms with E-state index in [4.69, 9.17) is 9.47 Å². The minimum atomic E-state index is -0.392. The zero-order valence-electron chi connectivity index (χ0n) is 13.2. The van der Waals surface area contributed by atoms with E-state index in [2.05, 4.69) is 0 Å². The maximum atomic E-state index is 12.2. The van der Waals surface area contributed by atoms with E-state index in [1.54, 1.807) is 19.2 Å². The number of Topliss-reactive ketones (excluding diaryl/α,β-unsaturated/α-hetero) is 1. The van der Waals surface area contributed by atoms with Crippen LogP contribution in [0.4, 0.5) is 0 Å². The van der Waals surface area contributed by atoms with E-state index in [1.165, 1.54) is 11.3 Å². The normalized spacial score (nSPS) is 10.5. The molecule has 3 aromatic rings. The first-order valence-corrected chi connectivity index (χ1v) is 8.32. The Bertz CT molecular complexity index is 868. The standard InChI is InChI=1S/C19H16O4S/c1-22-16-7-6-13-9-15(5-4-14(13)10-16)18(20)12-23-19(21)11-17-3-2-8-24-17/h2-10H,11-12H2,1H3. The molecule has 1 heterocycles. The van der Waals surface area contributed by atoms with Crippen molar-refractivity contribution in [1.29, 1.82) is 0 Å². The Hall–Kier alpha value is -2.66. The number of hydrogen-bond acceptors (Lipinski definition) is 5. The number of methoxy groups -OCH3 is 1. The average molecular weight is 340 g/mol. The molecule has 1 aromatic heterocycles. The first-order valence-electron chi connectivity index (χ1n) is 7.45. The lowest BCUT2D eigenvalue weighted by molar-refractivity contribution is -0.141. The van der Waals surface area contributed by atoms with Crippen molar-refractivity contribution >= 4 is 33.9 Å². The number of ketones is 1. The van der Waals surface area contributed by atoms with Crippen molar-refractivity contribution in [3.05, 3.63) is 64.4 Å². The third kappa shape index (κ3) is 3.81. The fraction of sp³-hybridized carbons (Fsp3) is 0.158. The predicted octanol–water partition coefficient (Wildman–Crippen LogP) is 3.88. The van der Waals surface area contributed by atoms with E-state index in [9.17, 15) is 9.59 Å². The van der Waals surface area contributed by atoms with Crippen LogP contribution in [-0.4, -0.2) is 25.5 Å².